The van der Waals surface area contributed by atoms with Crippen LogP contribution in [0.4, 0.5) is 17.5 Å². The lowest BCUT2D eigenvalue weighted by atomic mass is 10.2. The predicted octanol–water partition coefficient (Wildman–Crippen LogP) is 2.35. The number of hydrogen-bond donors (Lipinski definition) is 4. The summed E-state index contributed by atoms with van der Waals surface area (Å²) in [4.78, 5) is 48.3. The molecule has 1 aromatic carbocycles. The number of amides is 3. The van der Waals surface area contributed by atoms with Gasteiger partial charge < -0.3 is 31.5 Å². The van der Waals surface area contributed by atoms with Crippen LogP contribution in [0.5, 0.6) is 0 Å². The molecule has 0 unspecified atom stereocenters. The summed E-state index contributed by atoms with van der Waals surface area (Å²) < 4.78 is 0. The summed E-state index contributed by atoms with van der Waals surface area (Å²) in [6, 6.07) is 6.14. The van der Waals surface area contributed by atoms with E-state index >= 15 is 0 Å². The molecule has 3 amide bonds. The molecule has 1 heterocycles. The molecular formula is C29H40N8O3. The second kappa shape index (κ2) is 16.5. The van der Waals surface area contributed by atoms with Crippen molar-refractivity contribution >= 4 is 35.2 Å². The summed E-state index contributed by atoms with van der Waals surface area (Å²) in [7, 11) is 5.45. The van der Waals surface area contributed by atoms with Crippen LogP contribution >= 0.6 is 0 Å². The number of nitrogens with zero attached hydrogens (tertiary/aromatic N) is 4. The Balaban J connectivity index is 1.89. The van der Waals surface area contributed by atoms with Gasteiger partial charge >= 0.3 is 0 Å². The number of hydrogen-bond acceptors (Lipinski definition) is 8. The Morgan fingerprint density at radius 1 is 1.12 bits per heavy atom. The van der Waals surface area contributed by atoms with Gasteiger partial charge in [0.05, 0.1) is 11.8 Å². The van der Waals surface area contributed by atoms with Crippen molar-refractivity contribution in [2.75, 3.05) is 51.4 Å². The Hall–Kier alpha value is -4.43. The number of anilines is 3. The molecule has 0 spiro atoms. The summed E-state index contributed by atoms with van der Waals surface area (Å²) in [5.74, 6) is 6.33. The van der Waals surface area contributed by atoms with E-state index in [2.05, 4.69) is 44.7 Å². The van der Waals surface area contributed by atoms with Gasteiger partial charge in [-0.15, -0.1) is 0 Å². The van der Waals surface area contributed by atoms with Gasteiger partial charge in [-0.05, 0) is 58.1 Å². The maximum atomic E-state index is 12.5. The highest BCUT2D eigenvalue weighted by atomic mass is 16.2. The number of nitrogens with two attached hydrogens (primary N) is 1. The molecular weight excluding hydrogens is 508 g/mol. The molecule has 2 rings (SSSR count). The average molecular weight is 549 g/mol. The van der Waals surface area contributed by atoms with Gasteiger partial charge in [0.15, 0.2) is 0 Å². The van der Waals surface area contributed by atoms with Crippen molar-refractivity contribution in [1.29, 1.82) is 0 Å². The highest BCUT2D eigenvalue weighted by molar-refractivity contribution is 5.93. The number of rotatable bonds is 14. The lowest BCUT2D eigenvalue weighted by Gasteiger charge is -2.23. The summed E-state index contributed by atoms with van der Waals surface area (Å²) in [6.45, 7) is 5.59. The van der Waals surface area contributed by atoms with Crippen molar-refractivity contribution < 1.29 is 14.4 Å². The molecule has 40 heavy (non-hydrogen) atoms. The third-order valence-corrected chi connectivity index (χ3v) is 5.80. The average Bonchev–Trinajstić information content (AvgIpc) is 2.93. The van der Waals surface area contributed by atoms with Crippen LogP contribution in [0.15, 0.2) is 42.6 Å². The Labute approximate surface area is 236 Å². The van der Waals surface area contributed by atoms with Crippen LogP contribution < -0.4 is 21.7 Å². The van der Waals surface area contributed by atoms with Gasteiger partial charge in [0.2, 0.25) is 23.7 Å². The van der Waals surface area contributed by atoms with Gasteiger partial charge in [-0.25, -0.2) is 4.98 Å². The minimum Gasteiger partial charge on any atom is -0.369 e. The Bertz CT molecular complexity index is 1230. The molecule has 0 aliphatic carbocycles. The van der Waals surface area contributed by atoms with Crippen LogP contribution in [-0.2, 0) is 9.59 Å². The number of nitrogens with one attached hydrogen (secondary N) is 3. The second-order valence-electron chi connectivity index (χ2n) is 9.44. The lowest BCUT2D eigenvalue weighted by molar-refractivity contribution is -0.135. The first-order valence-corrected chi connectivity index (χ1v) is 13.2. The Morgan fingerprint density at radius 2 is 1.85 bits per heavy atom. The molecule has 11 nitrogen and oxygen atoms in total. The van der Waals surface area contributed by atoms with Crippen molar-refractivity contribution in [2.45, 2.75) is 39.2 Å². The van der Waals surface area contributed by atoms with Crippen molar-refractivity contribution in [3.05, 3.63) is 53.7 Å². The van der Waals surface area contributed by atoms with E-state index in [9.17, 15) is 14.4 Å². The SMILES string of the molecule is CCCNc1nc(Nc2ccc(C(N)=O)cc2)ncc1C#CCCCNC(=O)[C@H](C)N(C)C(=O)C=CCN(C)C. The Kier molecular flexibility index (Phi) is 13.1. The first-order chi connectivity index (χ1) is 19.1. The zero-order chi connectivity index (χ0) is 29.5. The molecule has 0 aliphatic rings. The summed E-state index contributed by atoms with van der Waals surface area (Å²) in [6.07, 6.45) is 7.05. The van der Waals surface area contributed by atoms with Crippen LogP contribution in [-0.4, -0.2) is 84.3 Å². The minimum absolute atomic E-state index is 0.211. The van der Waals surface area contributed by atoms with Gasteiger partial charge in [0.1, 0.15) is 11.9 Å². The van der Waals surface area contributed by atoms with Crippen molar-refractivity contribution in [1.82, 2.24) is 25.1 Å². The topological polar surface area (TPSA) is 146 Å². The quantitative estimate of drug-likeness (QED) is 0.160. The van der Waals surface area contributed by atoms with Crippen LogP contribution in [0.2, 0.25) is 0 Å². The van der Waals surface area contributed by atoms with Crippen LogP contribution in [0.1, 0.15) is 49.0 Å². The van der Waals surface area contributed by atoms with Crippen LogP contribution in [0, 0.1) is 11.8 Å². The van der Waals surface area contributed by atoms with Gasteiger partial charge in [0, 0.05) is 50.4 Å². The number of likely N-dealkylation sites (N-methyl/N-ethyl adjacent to an activating group) is 2. The minimum atomic E-state index is -0.583. The highest BCUT2D eigenvalue weighted by Gasteiger charge is 2.20. The number of primary amides is 1. The standard InChI is InChI=1S/C29H40N8O3/c1-6-17-31-27-23(20-33-29(35-27)34-24-15-13-22(14-16-24)26(30)39)11-8-7-9-18-32-28(40)21(2)37(5)25(38)12-10-19-36(3)4/h10,12-16,20-21H,6-7,9,17-19H2,1-5H3,(H2,30,39)(H,32,40)(H2,31,33,34,35)/t21-/m0/s1. The molecule has 214 valence electrons. The maximum Gasteiger partial charge on any atom is 0.248 e. The Morgan fingerprint density at radius 3 is 2.50 bits per heavy atom. The lowest BCUT2D eigenvalue weighted by Crippen LogP contribution is -2.45. The van der Waals surface area contributed by atoms with E-state index in [1.165, 1.54) is 11.0 Å². The molecule has 0 saturated heterocycles. The van der Waals surface area contributed by atoms with Crippen molar-refractivity contribution in [3.63, 3.8) is 0 Å². The first-order valence-electron chi connectivity index (χ1n) is 13.2. The third kappa shape index (κ3) is 10.7. The monoisotopic (exact) mass is 548 g/mol. The highest BCUT2D eigenvalue weighted by Crippen LogP contribution is 2.18. The summed E-state index contributed by atoms with van der Waals surface area (Å²) in [5, 5.41) is 9.26. The zero-order valence-electron chi connectivity index (χ0n) is 24.0. The third-order valence-electron chi connectivity index (χ3n) is 5.80. The number of aromatic nitrogens is 2. The zero-order valence-corrected chi connectivity index (χ0v) is 24.0. The molecule has 0 aliphatic heterocycles. The van der Waals surface area contributed by atoms with Crippen molar-refractivity contribution in [3.8, 4) is 11.8 Å². The number of carbonyl (C=O) groups is 3. The summed E-state index contributed by atoms with van der Waals surface area (Å²) >= 11 is 0. The van der Waals surface area contributed by atoms with Crippen molar-refractivity contribution in [2.24, 2.45) is 5.73 Å². The van der Waals surface area contributed by atoms with E-state index in [4.69, 9.17) is 5.73 Å². The van der Waals surface area contributed by atoms with E-state index in [-0.39, 0.29) is 11.8 Å². The second-order valence-corrected chi connectivity index (χ2v) is 9.44. The predicted molar refractivity (Wildman–Crippen MR) is 158 cm³/mol. The van der Waals surface area contributed by atoms with Gasteiger partial charge in [-0.2, -0.15) is 4.98 Å². The molecule has 0 saturated carbocycles. The van der Waals surface area contributed by atoms with Crippen LogP contribution in [0.3, 0.4) is 0 Å². The van der Waals surface area contributed by atoms with E-state index in [0.717, 1.165) is 18.7 Å². The van der Waals surface area contributed by atoms with E-state index < -0.39 is 11.9 Å². The smallest absolute Gasteiger partial charge is 0.248 e. The molecule has 5 N–H and O–H groups in total. The first kappa shape index (κ1) is 31.8. The fraction of sp³-hybridized carbons (Fsp3) is 0.414. The molecule has 0 fully saturated rings. The number of unbranched alkanes of at least 4 members (excludes halogenated alkanes) is 1. The molecule has 11 heteroatoms. The largest absolute Gasteiger partial charge is 0.369 e. The molecule has 2 aromatic rings. The number of benzene rings is 1. The van der Waals surface area contributed by atoms with E-state index in [0.29, 0.717) is 48.8 Å². The normalized spacial score (nSPS) is 11.4. The fourth-order valence-corrected chi connectivity index (χ4v) is 3.30. The fourth-order valence-electron chi connectivity index (χ4n) is 3.30. The van der Waals surface area contributed by atoms with Gasteiger partial charge in [-0.3, -0.25) is 14.4 Å². The molecule has 1 atom stereocenters. The van der Waals surface area contributed by atoms with E-state index in [1.807, 2.05) is 19.0 Å². The summed E-state index contributed by atoms with van der Waals surface area (Å²) in [5.41, 5.74) is 7.10. The van der Waals surface area contributed by atoms with Gasteiger partial charge in [0.25, 0.3) is 0 Å². The molecule has 0 bridgehead atoms. The van der Waals surface area contributed by atoms with E-state index in [1.54, 1.807) is 50.5 Å². The maximum absolute atomic E-state index is 12.5. The van der Waals surface area contributed by atoms with Crippen LogP contribution in [0.25, 0.3) is 0 Å². The number of carbonyl (C=O) groups excluding carboxylic acids is 3. The van der Waals surface area contributed by atoms with Gasteiger partial charge in [-0.1, -0.05) is 24.8 Å². The molecule has 1 aromatic heterocycles. The molecule has 0 radical (unpaired) electrons.